The normalized spacial score (nSPS) is 13.9. The molecule has 0 saturated heterocycles. The standard InChI is InChI=1S/C14H26N2O3S/c1-6-11(3)10-16(5)20(17,18)14-8-13(9-15-7-2)19-12(14)4/h8,11,15H,6-7,9-10H2,1-5H3. The average molecular weight is 302 g/mol. The van der Waals surface area contributed by atoms with Gasteiger partial charge in [0, 0.05) is 19.7 Å². The Bertz CT molecular complexity index is 523. The van der Waals surface area contributed by atoms with Crippen molar-refractivity contribution in [2.75, 3.05) is 20.1 Å². The van der Waals surface area contributed by atoms with Gasteiger partial charge in [-0.25, -0.2) is 12.7 Å². The zero-order valence-electron chi connectivity index (χ0n) is 13.1. The summed E-state index contributed by atoms with van der Waals surface area (Å²) in [5, 5.41) is 3.12. The summed E-state index contributed by atoms with van der Waals surface area (Å²) in [5.41, 5.74) is 0. The molecular formula is C14H26N2O3S. The lowest BCUT2D eigenvalue weighted by atomic mass is 10.1. The first kappa shape index (κ1) is 17.2. The van der Waals surface area contributed by atoms with Crippen molar-refractivity contribution >= 4 is 10.0 Å². The van der Waals surface area contributed by atoms with E-state index in [1.807, 2.05) is 13.8 Å². The number of hydrogen-bond donors (Lipinski definition) is 1. The number of sulfonamides is 1. The molecule has 1 atom stereocenters. The van der Waals surface area contributed by atoms with Gasteiger partial charge in [0.2, 0.25) is 10.0 Å². The molecule has 116 valence electrons. The highest BCUT2D eigenvalue weighted by Crippen LogP contribution is 2.23. The fraction of sp³-hybridized carbons (Fsp3) is 0.714. The lowest BCUT2D eigenvalue weighted by molar-refractivity contribution is 0.392. The molecule has 0 fully saturated rings. The zero-order chi connectivity index (χ0) is 15.3. The van der Waals surface area contributed by atoms with Gasteiger partial charge < -0.3 is 9.73 Å². The molecule has 0 radical (unpaired) electrons. The number of nitrogens with zero attached hydrogens (tertiary/aromatic N) is 1. The van der Waals surface area contributed by atoms with Crippen LogP contribution in [0.4, 0.5) is 0 Å². The van der Waals surface area contributed by atoms with E-state index in [0.29, 0.717) is 30.5 Å². The molecule has 20 heavy (non-hydrogen) atoms. The van der Waals surface area contributed by atoms with Crippen molar-refractivity contribution in [3.8, 4) is 0 Å². The van der Waals surface area contributed by atoms with Crippen LogP contribution in [-0.2, 0) is 16.6 Å². The average Bonchev–Trinajstić information content (AvgIpc) is 2.77. The first-order chi connectivity index (χ1) is 9.32. The van der Waals surface area contributed by atoms with Crippen molar-refractivity contribution in [1.29, 1.82) is 0 Å². The number of rotatable bonds is 8. The van der Waals surface area contributed by atoms with E-state index in [1.54, 1.807) is 20.0 Å². The Morgan fingerprint density at radius 3 is 2.60 bits per heavy atom. The van der Waals surface area contributed by atoms with Crippen molar-refractivity contribution in [2.45, 2.75) is 45.6 Å². The van der Waals surface area contributed by atoms with Gasteiger partial charge in [-0.05, 0) is 19.4 Å². The fourth-order valence-corrected chi connectivity index (χ4v) is 3.42. The van der Waals surface area contributed by atoms with Gasteiger partial charge in [-0.2, -0.15) is 0 Å². The second-order valence-electron chi connectivity index (χ2n) is 5.21. The number of nitrogens with one attached hydrogen (secondary N) is 1. The van der Waals surface area contributed by atoms with Gasteiger partial charge in [0.25, 0.3) is 0 Å². The molecule has 0 aliphatic heterocycles. The predicted molar refractivity (Wildman–Crippen MR) is 80.1 cm³/mol. The van der Waals surface area contributed by atoms with Gasteiger partial charge in [0.1, 0.15) is 16.4 Å². The summed E-state index contributed by atoms with van der Waals surface area (Å²) in [6.45, 7) is 9.67. The van der Waals surface area contributed by atoms with Crippen LogP contribution in [0.1, 0.15) is 38.7 Å². The second kappa shape index (κ2) is 7.24. The Balaban J connectivity index is 2.94. The molecule has 0 saturated carbocycles. The second-order valence-corrected chi connectivity index (χ2v) is 7.23. The molecule has 1 N–H and O–H groups in total. The van der Waals surface area contributed by atoms with E-state index < -0.39 is 10.0 Å². The Kier molecular flexibility index (Phi) is 6.23. The Hall–Kier alpha value is -0.850. The summed E-state index contributed by atoms with van der Waals surface area (Å²) < 4.78 is 32.0. The fourth-order valence-electron chi connectivity index (χ4n) is 1.95. The minimum atomic E-state index is -3.47. The highest BCUT2D eigenvalue weighted by Gasteiger charge is 2.26. The monoisotopic (exact) mass is 302 g/mol. The third kappa shape index (κ3) is 4.07. The van der Waals surface area contributed by atoms with Crippen molar-refractivity contribution in [3.05, 3.63) is 17.6 Å². The van der Waals surface area contributed by atoms with Crippen LogP contribution < -0.4 is 5.32 Å². The van der Waals surface area contributed by atoms with E-state index in [9.17, 15) is 8.42 Å². The number of aryl methyl sites for hydroxylation is 1. The van der Waals surface area contributed by atoms with Gasteiger partial charge in [-0.15, -0.1) is 0 Å². The van der Waals surface area contributed by atoms with Crippen molar-refractivity contribution in [3.63, 3.8) is 0 Å². The van der Waals surface area contributed by atoms with Gasteiger partial charge in [-0.3, -0.25) is 0 Å². The lowest BCUT2D eigenvalue weighted by Crippen LogP contribution is -2.31. The molecule has 6 heteroatoms. The minimum Gasteiger partial charge on any atom is -0.464 e. The largest absolute Gasteiger partial charge is 0.464 e. The van der Waals surface area contributed by atoms with E-state index in [1.165, 1.54) is 4.31 Å². The van der Waals surface area contributed by atoms with Crippen LogP contribution in [0.25, 0.3) is 0 Å². The van der Waals surface area contributed by atoms with Gasteiger partial charge in [-0.1, -0.05) is 27.2 Å². The van der Waals surface area contributed by atoms with Crippen molar-refractivity contribution in [2.24, 2.45) is 5.92 Å². The van der Waals surface area contributed by atoms with E-state index in [-0.39, 0.29) is 4.90 Å². The van der Waals surface area contributed by atoms with Crippen LogP contribution >= 0.6 is 0 Å². The van der Waals surface area contributed by atoms with Crippen LogP contribution in [-0.4, -0.2) is 32.9 Å². The van der Waals surface area contributed by atoms with Crippen molar-refractivity contribution < 1.29 is 12.8 Å². The highest BCUT2D eigenvalue weighted by molar-refractivity contribution is 7.89. The molecule has 0 aliphatic rings. The molecule has 0 amide bonds. The molecule has 1 heterocycles. The summed E-state index contributed by atoms with van der Waals surface area (Å²) in [4.78, 5) is 0.274. The highest BCUT2D eigenvalue weighted by atomic mass is 32.2. The van der Waals surface area contributed by atoms with Gasteiger partial charge in [0.05, 0.1) is 6.54 Å². The Labute approximate surface area is 122 Å². The SMILES string of the molecule is CCNCc1cc(S(=O)(=O)N(C)CC(C)CC)c(C)o1. The first-order valence-corrected chi connectivity index (χ1v) is 8.53. The van der Waals surface area contributed by atoms with E-state index in [2.05, 4.69) is 12.2 Å². The van der Waals surface area contributed by atoms with Gasteiger partial charge in [0.15, 0.2) is 0 Å². The quantitative estimate of drug-likeness (QED) is 0.801. The van der Waals surface area contributed by atoms with E-state index in [4.69, 9.17) is 4.42 Å². The molecule has 0 spiro atoms. The third-order valence-corrected chi connectivity index (χ3v) is 5.36. The summed E-state index contributed by atoms with van der Waals surface area (Å²) in [7, 11) is -1.84. The molecule has 0 bridgehead atoms. The summed E-state index contributed by atoms with van der Waals surface area (Å²) in [5.74, 6) is 1.44. The lowest BCUT2D eigenvalue weighted by Gasteiger charge is -2.19. The predicted octanol–water partition coefficient (Wildman–Crippen LogP) is 2.36. The Morgan fingerprint density at radius 1 is 1.40 bits per heavy atom. The van der Waals surface area contributed by atoms with Crippen molar-refractivity contribution in [1.82, 2.24) is 9.62 Å². The van der Waals surface area contributed by atoms with Crippen LogP contribution in [0.15, 0.2) is 15.4 Å². The molecule has 5 nitrogen and oxygen atoms in total. The third-order valence-electron chi connectivity index (χ3n) is 3.43. The Morgan fingerprint density at radius 2 is 2.05 bits per heavy atom. The van der Waals surface area contributed by atoms with Crippen LogP contribution in [0.5, 0.6) is 0 Å². The number of hydrogen-bond acceptors (Lipinski definition) is 4. The van der Waals surface area contributed by atoms with Crippen LogP contribution in [0, 0.1) is 12.8 Å². The maximum Gasteiger partial charge on any atom is 0.246 e. The van der Waals surface area contributed by atoms with Gasteiger partial charge >= 0.3 is 0 Å². The molecule has 1 rings (SSSR count). The van der Waals surface area contributed by atoms with Crippen LogP contribution in [0.3, 0.4) is 0 Å². The minimum absolute atomic E-state index is 0.274. The molecule has 1 aromatic heterocycles. The summed E-state index contributed by atoms with van der Waals surface area (Å²) in [6.07, 6.45) is 0.954. The van der Waals surface area contributed by atoms with E-state index >= 15 is 0 Å². The summed E-state index contributed by atoms with van der Waals surface area (Å²) >= 11 is 0. The van der Waals surface area contributed by atoms with Crippen LogP contribution in [0.2, 0.25) is 0 Å². The molecule has 1 aromatic rings. The summed E-state index contributed by atoms with van der Waals surface area (Å²) in [6, 6.07) is 1.63. The zero-order valence-corrected chi connectivity index (χ0v) is 13.9. The topological polar surface area (TPSA) is 62.6 Å². The molecule has 1 unspecified atom stereocenters. The van der Waals surface area contributed by atoms with E-state index in [0.717, 1.165) is 13.0 Å². The first-order valence-electron chi connectivity index (χ1n) is 7.09. The molecular weight excluding hydrogens is 276 g/mol. The maximum absolute atomic E-state index is 12.5. The molecule has 0 aromatic carbocycles. The molecule has 0 aliphatic carbocycles. The maximum atomic E-state index is 12.5. The smallest absolute Gasteiger partial charge is 0.246 e. The number of furan rings is 1.